The number of aryl methyl sites for hydroxylation is 1. The Labute approximate surface area is 144 Å². The van der Waals surface area contributed by atoms with Crippen LogP contribution in [-0.4, -0.2) is 22.3 Å². The number of carbonyl (C=O) groups is 1. The maximum atomic E-state index is 12.5. The average Bonchev–Trinajstić information content (AvgIpc) is 2.89. The molecule has 0 aliphatic rings. The summed E-state index contributed by atoms with van der Waals surface area (Å²) in [6.07, 6.45) is 4.00. The summed E-state index contributed by atoms with van der Waals surface area (Å²) in [6.45, 7) is 1.99. The molecule has 0 saturated carbocycles. The summed E-state index contributed by atoms with van der Waals surface area (Å²) in [5.41, 5.74) is 3.32. The number of nitrogens with zero attached hydrogens (tertiary/aromatic N) is 3. The summed E-state index contributed by atoms with van der Waals surface area (Å²) in [5, 5.41) is 0.992. The first-order chi connectivity index (χ1) is 10.9. The van der Waals surface area contributed by atoms with Crippen LogP contribution in [0.4, 0.5) is 5.69 Å². The van der Waals surface area contributed by atoms with Crippen LogP contribution in [0.3, 0.4) is 0 Å². The minimum Gasteiger partial charge on any atom is -0.315 e. The molecule has 0 fully saturated rings. The van der Waals surface area contributed by atoms with E-state index in [4.69, 9.17) is 23.2 Å². The van der Waals surface area contributed by atoms with Gasteiger partial charge in [0.1, 0.15) is 5.65 Å². The maximum absolute atomic E-state index is 12.5. The minimum atomic E-state index is -0.0793. The number of hydrogen-bond donors (Lipinski definition) is 0. The monoisotopic (exact) mass is 347 g/mol. The van der Waals surface area contributed by atoms with Crippen LogP contribution in [0, 0.1) is 6.92 Å². The lowest BCUT2D eigenvalue weighted by molar-refractivity contribution is -0.117. The van der Waals surface area contributed by atoms with Gasteiger partial charge >= 0.3 is 0 Å². The number of anilines is 1. The van der Waals surface area contributed by atoms with Crippen LogP contribution < -0.4 is 4.90 Å². The summed E-state index contributed by atoms with van der Waals surface area (Å²) in [5.74, 6) is -0.0793. The first-order valence-corrected chi connectivity index (χ1v) is 7.85. The van der Waals surface area contributed by atoms with E-state index in [1.54, 1.807) is 25.2 Å². The molecule has 3 rings (SSSR count). The van der Waals surface area contributed by atoms with Gasteiger partial charge in [0, 0.05) is 35.2 Å². The fourth-order valence-corrected chi connectivity index (χ4v) is 2.95. The molecule has 23 heavy (non-hydrogen) atoms. The molecule has 2 heterocycles. The molecular formula is C17H15Cl2N3O. The number of pyridine rings is 1. The Kier molecular flexibility index (Phi) is 4.28. The van der Waals surface area contributed by atoms with E-state index in [1.807, 2.05) is 35.9 Å². The third kappa shape index (κ3) is 3.33. The molecule has 0 aliphatic heterocycles. The minimum absolute atomic E-state index is 0.0793. The first-order valence-electron chi connectivity index (χ1n) is 7.10. The van der Waals surface area contributed by atoms with Gasteiger partial charge in [-0.15, -0.1) is 0 Å². The molecule has 0 spiro atoms. The second kappa shape index (κ2) is 6.22. The van der Waals surface area contributed by atoms with Gasteiger partial charge in [-0.2, -0.15) is 0 Å². The van der Waals surface area contributed by atoms with Gasteiger partial charge in [-0.25, -0.2) is 4.98 Å². The summed E-state index contributed by atoms with van der Waals surface area (Å²) < 4.78 is 1.92. The van der Waals surface area contributed by atoms with Crippen LogP contribution >= 0.6 is 23.2 Å². The SMILES string of the molecule is Cc1cccn2cc(CC(=O)N(C)c3cc(Cl)cc(Cl)c3)nc12. The van der Waals surface area contributed by atoms with E-state index in [-0.39, 0.29) is 12.3 Å². The zero-order valence-corrected chi connectivity index (χ0v) is 14.3. The number of rotatable bonds is 3. The Bertz CT molecular complexity index is 868. The van der Waals surface area contributed by atoms with Crippen LogP contribution in [0.15, 0.2) is 42.7 Å². The Balaban J connectivity index is 1.83. The smallest absolute Gasteiger partial charge is 0.232 e. The van der Waals surface area contributed by atoms with Crippen molar-refractivity contribution in [2.75, 3.05) is 11.9 Å². The van der Waals surface area contributed by atoms with Crippen LogP contribution in [0.5, 0.6) is 0 Å². The molecule has 2 aromatic heterocycles. The molecule has 4 nitrogen and oxygen atoms in total. The number of carbonyl (C=O) groups excluding carboxylic acids is 1. The highest BCUT2D eigenvalue weighted by molar-refractivity contribution is 6.35. The van der Waals surface area contributed by atoms with Crippen molar-refractivity contribution in [3.05, 3.63) is 64.0 Å². The van der Waals surface area contributed by atoms with Gasteiger partial charge in [0.15, 0.2) is 0 Å². The Morgan fingerprint density at radius 3 is 2.61 bits per heavy atom. The van der Waals surface area contributed by atoms with Crippen LogP contribution in [-0.2, 0) is 11.2 Å². The van der Waals surface area contributed by atoms with Gasteiger partial charge in [0.25, 0.3) is 0 Å². The number of fused-ring (bicyclic) bond motifs is 1. The molecule has 0 unspecified atom stereocenters. The molecule has 0 atom stereocenters. The van der Waals surface area contributed by atoms with Gasteiger partial charge in [-0.1, -0.05) is 29.3 Å². The van der Waals surface area contributed by atoms with E-state index in [2.05, 4.69) is 4.98 Å². The molecule has 0 bridgehead atoms. The largest absolute Gasteiger partial charge is 0.315 e. The number of amides is 1. The molecule has 118 valence electrons. The Morgan fingerprint density at radius 2 is 1.96 bits per heavy atom. The lowest BCUT2D eigenvalue weighted by atomic mass is 10.2. The molecule has 6 heteroatoms. The lowest BCUT2D eigenvalue weighted by Gasteiger charge is -2.17. The third-order valence-corrected chi connectivity index (χ3v) is 4.11. The van der Waals surface area contributed by atoms with Gasteiger partial charge in [0.05, 0.1) is 12.1 Å². The lowest BCUT2D eigenvalue weighted by Crippen LogP contribution is -2.27. The Hall–Kier alpha value is -2.04. The summed E-state index contributed by atoms with van der Waals surface area (Å²) in [4.78, 5) is 18.6. The topological polar surface area (TPSA) is 37.6 Å². The van der Waals surface area contributed by atoms with Crippen molar-refractivity contribution in [1.82, 2.24) is 9.38 Å². The predicted molar refractivity (Wildman–Crippen MR) is 93.5 cm³/mol. The fourth-order valence-electron chi connectivity index (χ4n) is 2.44. The normalized spacial score (nSPS) is 11.0. The van der Waals surface area contributed by atoms with E-state index in [1.165, 1.54) is 4.90 Å². The third-order valence-electron chi connectivity index (χ3n) is 3.67. The van der Waals surface area contributed by atoms with E-state index in [0.29, 0.717) is 15.7 Å². The molecule has 0 saturated heterocycles. The molecule has 0 radical (unpaired) electrons. The molecule has 0 aliphatic carbocycles. The van der Waals surface area contributed by atoms with Crippen molar-refractivity contribution in [1.29, 1.82) is 0 Å². The second-order valence-electron chi connectivity index (χ2n) is 5.41. The zero-order valence-electron chi connectivity index (χ0n) is 12.8. The molecular weight excluding hydrogens is 333 g/mol. The number of imidazole rings is 1. The number of benzene rings is 1. The zero-order chi connectivity index (χ0) is 16.6. The quantitative estimate of drug-likeness (QED) is 0.713. The van der Waals surface area contributed by atoms with Crippen molar-refractivity contribution >= 4 is 40.4 Å². The van der Waals surface area contributed by atoms with Crippen molar-refractivity contribution < 1.29 is 4.79 Å². The summed E-state index contributed by atoms with van der Waals surface area (Å²) >= 11 is 12.0. The van der Waals surface area contributed by atoms with Crippen molar-refractivity contribution in [2.45, 2.75) is 13.3 Å². The van der Waals surface area contributed by atoms with Crippen LogP contribution in [0.25, 0.3) is 5.65 Å². The van der Waals surface area contributed by atoms with Crippen molar-refractivity contribution in [2.24, 2.45) is 0 Å². The van der Waals surface area contributed by atoms with E-state index >= 15 is 0 Å². The van der Waals surface area contributed by atoms with E-state index in [0.717, 1.165) is 16.9 Å². The maximum Gasteiger partial charge on any atom is 0.232 e. The second-order valence-corrected chi connectivity index (χ2v) is 6.28. The van der Waals surface area contributed by atoms with E-state index in [9.17, 15) is 4.79 Å². The summed E-state index contributed by atoms with van der Waals surface area (Å²) in [7, 11) is 1.70. The number of likely N-dealkylation sites (N-methyl/N-ethyl adjacent to an activating group) is 1. The van der Waals surface area contributed by atoms with Crippen LogP contribution in [0.1, 0.15) is 11.3 Å². The van der Waals surface area contributed by atoms with Gasteiger partial charge in [0.2, 0.25) is 5.91 Å². The standard InChI is InChI=1S/C17H15Cl2N3O/c1-11-4-3-5-22-10-14(20-17(11)22)9-16(23)21(2)15-7-12(18)6-13(19)8-15/h3-8,10H,9H2,1-2H3. The first kappa shape index (κ1) is 15.8. The molecule has 1 amide bonds. The highest BCUT2D eigenvalue weighted by Gasteiger charge is 2.15. The number of hydrogen-bond acceptors (Lipinski definition) is 2. The van der Waals surface area contributed by atoms with Gasteiger partial charge in [-0.05, 0) is 36.8 Å². The van der Waals surface area contributed by atoms with Crippen LogP contribution in [0.2, 0.25) is 10.0 Å². The van der Waals surface area contributed by atoms with Gasteiger partial charge < -0.3 is 9.30 Å². The average molecular weight is 348 g/mol. The fraction of sp³-hybridized carbons (Fsp3) is 0.176. The number of halogens is 2. The van der Waals surface area contributed by atoms with Gasteiger partial charge in [-0.3, -0.25) is 4.79 Å². The molecule has 0 N–H and O–H groups in total. The van der Waals surface area contributed by atoms with Crippen molar-refractivity contribution in [3.63, 3.8) is 0 Å². The highest BCUT2D eigenvalue weighted by Crippen LogP contribution is 2.25. The predicted octanol–water partition coefficient (Wildman–Crippen LogP) is 4.16. The summed E-state index contributed by atoms with van der Waals surface area (Å²) in [6, 6.07) is 9.00. The molecule has 3 aromatic rings. The van der Waals surface area contributed by atoms with E-state index < -0.39 is 0 Å². The Morgan fingerprint density at radius 1 is 1.26 bits per heavy atom. The van der Waals surface area contributed by atoms with Crippen molar-refractivity contribution in [3.8, 4) is 0 Å². The number of aromatic nitrogens is 2. The molecule has 1 aromatic carbocycles. The highest BCUT2D eigenvalue weighted by atomic mass is 35.5.